The van der Waals surface area contributed by atoms with Crippen LogP contribution >= 0.6 is 0 Å². The first-order valence-corrected chi connectivity index (χ1v) is 6.36. The van der Waals surface area contributed by atoms with Gasteiger partial charge in [0.05, 0.1) is 12.1 Å². The number of aliphatic hydroxyl groups excluding tert-OH is 1. The highest BCUT2D eigenvalue weighted by Gasteiger charge is 2.25. The third kappa shape index (κ3) is 2.82. The van der Waals surface area contributed by atoms with Crippen LogP contribution in [-0.2, 0) is 0 Å². The van der Waals surface area contributed by atoms with E-state index in [1.54, 1.807) is 19.1 Å². The average Bonchev–Trinajstić information content (AvgIpc) is 2.32. The van der Waals surface area contributed by atoms with Crippen LogP contribution in [0.25, 0.3) is 0 Å². The van der Waals surface area contributed by atoms with Crippen molar-refractivity contribution in [1.29, 1.82) is 0 Å². The fourth-order valence-electron chi connectivity index (χ4n) is 2.43. The number of phenolic OH excluding ortho intramolecular Hbond substituents is 1. The first-order chi connectivity index (χ1) is 8.58. The third-order valence-electron chi connectivity index (χ3n) is 3.50. The topological polar surface area (TPSA) is 69.6 Å². The summed E-state index contributed by atoms with van der Waals surface area (Å²) in [4.78, 5) is 12.1. The van der Waals surface area contributed by atoms with Crippen LogP contribution in [0.4, 0.5) is 0 Å². The van der Waals surface area contributed by atoms with Gasteiger partial charge in [0.2, 0.25) is 0 Å². The Hall–Kier alpha value is -1.55. The molecule has 1 aliphatic rings. The van der Waals surface area contributed by atoms with E-state index in [-0.39, 0.29) is 17.7 Å². The second kappa shape index (κ2) is 5.40. The molecule has 0 unspecified atom stereocenters. The van der Waals surface area contributed by atoms with E-state index in [2.05, 4.69) is 5.32 Å². The number of amides is 1. The van der Waals surface area contributed by atoms with Crippen molar-refractivity contribution in [3.05, 3.63) is 29.3 Å². The molecule has 1 aromatic carbocycles. The van der Waals surface area contributed by atoms with E-state index in [4.69, 9.17) is 0 Å². The zero-order chi connectivity index (χ0) is 13.1. The monoisotopic (exact) mass is 249 g/mol. The summed E-state index contributed by atoms with van der Waals surface area (Å²) in [6.07, 6.45) is 3.19. The van der Waals surface area contributed by atoms with Crippen LogP contribution in [-0.4, -0.2) is 28.3 Å². The molecule has 18 heavy (non-hydrogen) atoms. The predicted octanol–water partition coefficient (Wildman–Crippen LogP) is 1.73. The minimum absolute atomic E-state index is 0.153. The number of aromatic hydroxyl groups is 1. The summed E-state index contributed by atoms with van der Waals surface area (Å²) in [7, 11) is 0. The first kappa shape index (κ1) is 12.9. The number of hydrogen-bond donors (Lipinski definition) is 3. The quantitative estimate of drug-likeness (QED) is 0.747. The van der Waals surface area contributed by atoms with Gasteiger partial charge in [-0.1, -0.05) is 12.8 Å². The van der Waals surface area contributed by atoms with Gasteiger partial charge in [-0.15, -0.1) is 0 Å². The molecule has 1 aromatic rings. The number of benzene rings is 1. The Kier molecular flexibility index (Phi) is 3.87. The maximum Gasteiger partial charge on any atom is 0.251 e. The van der Waals surface area contributed by atoms with Crippen molar-refractivity contribution >= 4 is 5.91 Å². The van der Waals surface area contributed by atoms with Crippen LogP contribution in [0.1, 0.15) is 41.6 Å². The van der Waals surface area contributed by atoms with Crippen molar-refractivity contribution < 1.29 is 15.0 Å². The standard InChI is InChI=1S/C14H19NO3/c1-9-8-10(16)6-7-11(9)14(18)15-12-4-2-3-5-13(12)17/h6-8,12-13,16-17H,2-5H2,1H3,(H,15,18)/t12-,13-/m1/s1. The van der Waals surface area contributed by atoms with Crippen molar-refractivity contribution in [1.82, 2.24) is 5.32 Å². The van der Waals surface area contributed by atoms with Gasteiger partial charge in [-0.3, -0.25) is 4.79 Å². The van der Waals surface area contributed by atoms with Gasteiger partial charge in [0.1, 0.15) is 5.75 Å². The molecular formula is C14H19NO3. The van der Waals surface area contributed by atoms with E-state index < -0.39 is 6.10 Å². The number of hydrogen-bond acceptors (Lipinski definition) is 3. The molecule has 0 aliphatic heterocycles. The normalized spacial score (nSPS) is 23.7. The summed E-state index contributed by atoms with van der Waals surface area (Å²) in [5, 5.41) is 22.0. The van der Waals surface area contributed by atoms with E-state index in [1.807, 2.05) is 0 Å². The Labute approximate surface area is 107 Å². The Morgan fingerprint density at radius 3 is 2.72 bits per heavy atom. The summed E-state index contributed by atoms with van der Waals surface area (Å²) < 4.78 is 0. The smallest absolute Gasteiger partial charge is 0.251 e. The molecule has 3 N–H and O–H groups in total. The number of aryl methyl sites for hydroxylation is 1. The summed E-state index contributed by atoms with van der Waals surface area (Å²) in [5.74, 6) is -0.0276. The van der Waals surface area contributed by atoms with Gasteiger partial charge in [0.25, 0.3) is 5.91 Å². The Balaban J connectivity index is 2.07. The third-order valence-corrected chi connectivity index (χ3v) is 3.50. The van der Waals surface area contributed by atoms with Crippen LogP contribution in [0, 0.1) is 6.92 Å². The lowest BCUT2D eigenvalue weighted by atomic mass is 9.92. The second-order valence-corrected chi connectivity index (χ2v) is 4.93. The summed E-state index contributed by atoms with van der Waals surface area (Å²) in [6, 6.07) is 4.51. The first-order valence-electron chi connectivity index (χ1n) is 6.36. The molecule has 4 heteroatoms. The van der Waals surface area contributed by atoms with Crippen molar-refractivity contribution in [2.24, 2.45) is 0 Å². The number of carbonyl (C=O) groups excluding carboxylic acids is 1. The van der Waals surface area contributed by atoms with E-state index in [0.29, 0.717) is 5.56 Å². The van der Waals surface area contributed by atoms with Crippen LogP contribution in [0.3, 0.4) is 0 Å². The molecule has 2 rings (SSSR count). The van der Waals surface area contributed by atoms with E-state index >= 15 is 0 Å². The zero-order valence-corrected chi connectivity index (χ0v) is 10.5. The van der Waals surface area contributed by atoms with Gasteiger partial charge >= 0.3 is 0 Å². The average molecular weight is 249 g/mol. The molecule has 1 amide bonds. The lowest BCUT2D eigenvalue weighted by molar-refractivity contribution is 0.0717. The summed E-state index contributed by atoms with van der Waals surface area (Å²) in [5.41, 5.74) is 1.28. The van der Waals surface area contributed by atoms with E-state index in [1.165, 1.54) is 6.07 Å². The largest absolute Gasteiger partial charge is 0.508 e. The highest BCUT2D eigenvalue weighted by Crippen LogP contribution is 2.20. The van der Waals surface area contributed by atoms with Crippen molar-refractivity contribution in [3.63, 3.8) is 0 Å². The maximum atomic E-state index is 12.1. The number of phenols is 1. The molecule has 0 heterocycles. The molecule has 4 nitrogen and oxygen atoms in total. The fourth-order valence-corrected chi connectivity index (χ4v) is 2.43. The molecule has 1 aliphatic carbocycles. The molecular weight excluding hydrogens is 230 g/mol. The molecule has 0 radical (unpaired) electrons. The lowest BCUT2D eigenvalue weighted by Gasteiger charge is -2.28. The predicted molar refractivity (Wildman–Crippen MR) is 68.6 cm³/mol. The highest BCUT2D eigenvalue weighted by atomic mass is 16.3. The number of nitrogens with one attached hydrogen (secondary N) is 1. The fraction of sp³-hybridized carbons (Fsp3) is 0.500. The van der Waals surface area contributed by atoms with E-state index in [9.17, 15) is 15.0 Å². The van der Waals surface area contributed by atoms with Gasteiger partial charge in [0, 0.05) is 5.56 Å². The lowest BCUT2D eigenvalue weighted by Crippen LogP contribution is -2.45. The van der Waals surface area contributed by atoms with Crippen molar-refractivity contribution in [2.75, 3.05) is 0 Å². The van der Waals surface area contributed by atoms with Crippen LogP contribution in [0.15, 0.2) is 18.2 Å². The summed E-state index contributed by atoms with van der Waals surface area (Å²) >= 11 is 0. The van der Waals surface area contributed by atoms with Gasteiger partial charge in [0.15, 0.2) is 0 Å². The van der Waals surface area contributed by atoms with Gasteiger partial charge < -0.3 is 15.5 Å². The zero-order valence-electron chi connectivity index (χ0n) is 10.5. The summed E-state index contributed by atoms with van der Waals surface area (Å²) in [6.45, 7) is 1.78. The number of rotatable bonds is 2. The van der Waals surface area contributed by atoms with Crippen LogP contribution in [0.2, 0.25) is 0 Å². The van der Waals surface area contributed by atoms with E-state index in [0.717, 1.165) is 31.2 Å². The maximum absolute atomic E-state index is 12.1. The SMILES string of the molecule is Cc1cc(O)ccc1C(=O)N[C@@H]1CCCC[C@H]1O. The van der Waals surface area contributed by atoms with Crippen molar-refractivity contribution in [3.8, 4) is 5.75 Å². The number of aliphatic hydroxyl groups is 1. The van der Waals surface area contributed by atoms with Crippen molar-refractivity contribution in [2.45, 2.75) is 44.8 Å². The molecule has 0 spiro atoms. The number of carbonyl (C=O) groups is 1. The Bertz CT molecular complexity index is 445. The molecule has 1 saturated carbocycles. The molecule has 1 fully saturated rings. The second-order valence-electron chi connectivity index (χ2n) is 4.93. The van der Waals surface area contributed by atoms with Gasteiger partial charge in [-0.2, -0.15) is 0 Å². The molecule has 0 saturated heterocycles. The molecule has 0 aromatic heterocycles. The van der Waals surface area contributed by atoms with Gasteiger partial charge in [-0.25, -0.2) is 0 Å². The molecule has 98 valence electrons. The minimum atomic E-state index is -0.444. The Morgan fingerprint density at radius 2 is 2.06 bits per heavy atom. The van der Waals surface area contributed by atoms with Crippen LogP contribution < -0.4 is 5.32 Å². The molecule has 2 atom stereocenters. The minimum Gasteiger partial charge on any atom is -0.508 e. The Morgan fingerprint density at radius 1 is 1.33 bits per heavy atom. The molecule has 0 bridgehead atoms. The highest BCUT2D eigenvalue weighted by molar-refractivity contribution is 5.96. The van der Waals surface area contributed by atoms with Gasteiger partial charge in [-0.05, 0) is 43.5 Å². The van der Waals surface area contributed by atoms with Crippen LogP contribution in [0.5, 0.6) is 5.75 Å².